The summed E-state index contributed by atoms with van der Waals surface area (Å²) in [7, 11) is 0. The lowest BCUT2D eigenvalue weighted by molar-refractivity contribution is 0.409. The smallest absolute Gasteiger partial charge is 0.143 e. The molecule has 0 saturated carbocycles. The summed E-state index contributed by atoms with van der Waals surface area (Å²) in [6, 6.07) is 65.7. The Morgan fingerprint density at radius 1 is 0.411 bits per heavy atom. The Hall–Kier alpha value is -7.21. The molecule has 56 heavy (non-hydrogen) atoms. The molecular weight excluding hydrogens is 687 g/mol. The predicted octanol–water partition coefficient (Wildman–Crippen LogP) is 12.8. The molecule has 0 saturated heterocycles. The average molecular weight is 722 g/mol. The van der Waals surface area contributed by atoms with Crippen molar-refractivity contribution < 1.29 is 8.83 Å². The standard InChI is InChI=1S/C51H35N3O2/c1-3-12-34(13-4-1)49-52-50(35-14-5-2-6-15-35)54-51(53-49)38-17-9-16-36(30-38)37-28-29-45-43(31-37)47-39(19-11-23-46(47)55-45)32-24-26-33(27-25-32)40-20-10-21-42-41-18-7-8-22-44(41)56-48(40)42/h1-31,49-50,52H,(H,53,54). The Kier molecular flexibility index (Phi) is 7.64. The number of rotatable bonds is 6. The molecule has 0 amide bonds. The molecule has 0 spiro atoms. The number of nitrogens with one attached hydrogen (secondary N) is 2. The number of aliphatic imine (C=N–C) groups is 1. The second-order valence-electron chi connectivity index (χ2n) is 14.4. The zero-order valence-corrected chi connectivity index (χ0v) is 30.3. The Bertz CT molecular complexity index is 3090. The molecule has 1 aliphatic rings. The predicted molar refractivity (Wildman–Crippen MR) is 228 cm³/mol. The van der Waals surface area contributed by atoms with Gasteiger partial charge in [-0.05, 0) is 69.3 Å². The molecule has 8 aromatic carbocycles. The maximum Gasteiger partial charge on any atom is 0.143 e. The van der Waals surface area contributed by atoms with Crippen molar-refractivity contribution in [3.8, 4) is 33.4 Å². The minimum atomic E-state index is -0.193. The molecule has 2 unspecified atom stereocenters. The van der Waals surface area contributed by atoms with Crippen molar-refractivity contribution in [2.75, 3.05) is 0 Å². The van der Waals surface area contributed by atoms with Crippen LogP contribution >= 0.6 is 0 Å². The summed E-state index contributed by atoms with van der Waals surface area (Å²) in [6.45, 7) is 0. The molecule has 2 N–H and O–H groups in total. The summed E-state index contributed by atoms with van der Waals surface area (Å²) in [5.74, 6) is 0.852. The van der Waals surface area contributed by atoms with E-state index in [2.05, 4.69) is 174 Å². The van der Waals surface area contributed by atoms with Crippen LogP contribution in [0.4, 0.5) is 0 Å². The molecule has 266 valence electrons. The lowest BCUT2D eigenvalue weighted by Crippen LogP contribution is -2.44. The van der Waals surface area contributed by atoms with Crippen LogP contribution in [0.15, 0.2) is 202 Å². The summed E-state index contributed by atoms with van der Waals surface area (Å²) < 4.78 is 12.8. The Morgan fingerprint density at radius 2 is 1.02 bits per heavy atom. The SMILES string of the molecule is c1ccc(C2N=C(c3cccc(-c4ccc5oc6cccc(-c7ccc(-c8cccc9c8oc8ccccc89)cc7)c6c5c4)c3)NC(c3ccccc3)N2)cc1. The average Bonchev–Trinajstić information content (AvgIpc) is 3.85. The summed E-state index contributed by atoms with van der Waals surface area (Å²) >= 11 is 0. The summed E-state index contributed by atoms with van der Waals surface area (Å²) in [6.07, 6.45) is -0.293. The van der Waals surface area contributed by atoms with Crippen molar-refractivity contribution in [3.05, 3.63) is 205 Å². The first-order chi connectivity index (χ1) is 27.7. The first-order valence-corrected chi connectivity index (χ1v) is 19.0. The molecule has 3 heterocycles. The van der Waals surface area contributed by atoms with Crippen LogP contribution in [0.5, 0.6) is 0 Å². The summed E-state index contributed by atoms with van der Waals surface area (Å²) in [5, 5.41) is 11.8. The topological polar surface area (TPSA) is 62.7 Å². The van der Waals surface area contributed by atoms with Crippen LogP contribution in [0.2, 0.25) is 0 Å². The molecule has 0 fully saturated rings. The van der Waals surface area contributed by atoms with E-state index in [0.717, 1.165) is 99.8 Å². The van der Waals surface area contributed by atoms with Crippen molar-refractivity contribution >= 4 is 49.7 Å². The van der Waals surface area contributed by atoms with Gasteiger partial charge in [-0.15, -0.1) is 0 Å². The van der Waals surface area contributed by atoms with E-state index in [4.69, 9.17) is 13.8 Å². The fourth-order valence-electron chi connectivity index (χ4n) is 8.23. The van der Waals surface area contributed by atoms with Crippen LogP contribution in [-0.2, 0) is 0 Å². The van der Waals surface area contributed by atoms with E-state index in [9.17, 15) is 0 Å². The van der Waals surface area contributed by atoms with Gasteiger partial charge in [0.05, 0.1) is 0 Å². The van der Waals surface area contributed by atoms with Gasteiger partial charge >= 0.3 is 0 Å². The number of hydrogen-bond acceptors (Lipinski definition) is 5. The zero-order valence-electron chi connectivity index (χ0n) is 30.3. The first-order valence-electron chi connectivity index (χ1n) is 19.0. The highest BCUT2D eigenvalue weighted by atomic mass is 16.3. The van der Waals surface area contributed by atoms with E-state index >= 15 is 0 Å². The van der Waals surface area contributed by atoms with Crippen LogP contribution in [0.25, 0.3) is 77.3 Å². The first kappa shape index (κ1) is 32.2. The Labute approximate surface area is 323 Å². The molecular formula is C51H35N3O2. The van der Waals surface area contributed by atoms with E-state index in [1.54, 1.807) is 0 Å². The summed E-state index contributed by atoms with van der Waals surface area (Å²) in [5.41, 5.74) is 13.5. The van der Waals surface area contributed by atoms with Gasteiger partial charge < -0.3 is 14.2 Å². The highest BCUT2D eigenvalue weighted by Gasteiger charge is 2.25. The van der Waals surface area contributed by atoms with Gasteiger partial charge in [0.25, 0.3) is 0 Å². The number of hydrogen-bond donors (Lipinski definition) is 2. The second kappa shape index (κ2) is 13.3. The molecule has 1 aliphatic heterocycles. The van der Waals surface area contributed by atoms with E-state index in [0.29, 0.717) is 0 Å². The monoisotopic (exact) mass is 721 g/mol. The molecule has 0 radical (unpaired) electrons. The highest BCUT2D eigenvalue weighted by molar-refractivity contribution is 6.14. The van der Waals surface area contributed by atoms with Crippen molar-refractivity contribution in [2.45, 2.75) is 12.3 Å². The van der Waals surface area contributed by atoms with Gasteiger partial charge in [-0.3, -0.25) is 5.32 Å². The van der Waals surface area contributed by atoms with Gasteiger partial charge in [-0.1, -0.05) is 158 Å². The molecule has 0 aliphatic carbocycles. The molecule has 0 bridgehead atoms. The van der Waals surface area contributed by atoms with E-state index in [-0.39, 0.29) is 12.3 Å². The van der Waals surface area contributed by atoms with E-state index in [1.165, 1.54) is 0 Å². The molecule has 5 nitrogen and oxygen atoms in total. The maximum atomic E-state index is 6.45. The quantitative estimate of drug-likeness (QED) is 0.179. The third-order valence-electron chi connectivity index (χ3n) is 11.0. The lowest BCUT2D eigenvalue weighted by Gasteiger charge is -2.32. The number of benzene rings is 8. The van der Waals surface area contributed by atoms with Gasteiger partial charge in [0.2, 0.25) is 0 Å². The van der Waals surface area contributed by atoms with Gasteiger partial charge in [0.1, 0.15) is 40.5 Å². The largest absolute Gasteiger partial charge is 0.456 e. The Balaban J connectivity index is 0.959. The van der Waals surface area contributed by atoms with Gasteiger partial charge in [-0.2, -0.15) is 0 Å². The second-order valence-corrected chi connectivity index (χ2v) is 14.4. The fraction of sp³-hybridized carbons (Fsp3) is 0.0392. The third kappa shape index (κ3) is 5.56. The molecule has 2 atom stereocenters. The van der Waals surface area contributed by atoms with Crippen molar-refractivity contribution in [3.63, 3.8) is 0 Å². The van der Waals surface area contributed by atoms with Crippen molar-refractivity contribution in [1.82, 2.24) is 10.6 Å². The maximum absolute atomic E-state index is 6.45. The Morgan fingerprint density at radius 3 is 1.86 bits per heavy atom. The van der Waals surface area contributed by atoms with Gasteiger partial charge in [0, 0.05) is 32.7 Å². The van der Waals surface area contributed by atoms with Crippen molar-refractivity contribution in [1.29, 1.82) is 0 Å². The number of amidine groups is 1. The lowest BCUT2D eigenvalue weighted by atomic mass is 9.95. The number of furan rings is 2. The minimum Gasteiger partial charge on any atom is -0.456 e. The zero-order chi connectivity index (χ0) is 37.0. The van der Waals surface area contributed by atoms with Crippen LogP contribution in [0.3, 0.4) is 0 Å². The van der Waals surface area contributed by atoms with Crippen LogP contribution in [0, 0.1) is 0 Å². The van der Waals surface area contributed by atoms with Gasteiger partial charge in [-0.25, -0.2) is 4.99 Å². The third-order valence-corrected chi connectivity index (χ3v) is 11.0. The number of para-hydroxylation sites is 2. The van der Waals surface area contributed by atoms with Crippen molar-refractivity contribution in [2.24, 2.45) is 4.99 Å². The number of fused-ring (bicyclic) bond motifs is 6. The molecule has 11 rings (SSSR count). The van der Waals surface area contributed by atoms with Gasteiger partial charge in [0.15, 0.2) is 0 Å². The normalized spacial score (nSPS) is 15.7. The van der Waals surface area contributed by atoms with E-state index in [1.807, 2.05) is 24.3 Å². The summed E-state index contributed by atoms with van der Waals surface area (Å²) in [4.78, 5) is 5.18. The minimum absolute atomic E-state index is 0.0994. The van der Waals surface area contributed by atoms with E-state index < -0.39 is 0 Å². The van der Waals surface area contributed by atoms with Crippen LogP contribution < -0.4 is 10.6 Å². The fourth-order valence-corrected chi connectivity index (χ4v) is 8.23. The van der Waals surface area contributed by atoms with Crippen LogP contribution in [0.1, 0.15) is 29.0 Å². The molecule has 10 aromatic rings. The molecule has 5 heteroatoms. The van der Waals surface area contributed by atoms with Crippen LogP contribution in [-0.4, -0.2) is 5.84 Å². The highest BCUT2D eigenvalue weighted by Crippen LogP contribution is 2.40. The molecule has 2 aromatic heterocycles. The number of nitrogens with zero attached hydrogens (tertiary/aromatic N) is 1.